The fraction of sp³-hybridized carbons (Fsp3) is 0.316. The molecule has 28 heavy (non-hydrogen) atoms. The summed E-state index contributed by atoms with van der Waals surface area (Å²) >= 11 is 0. The molecule has 2 aromatic rings. The first-order valence-electron chi connectivity index (χ1n) is 8.71. The van der Waals surface area contributed by atoms with Crippen LogP contribution in [0.3, 0.4) is 0 Å². The first-order chi connectivity index (χ1) is 13.3. The standard InChI is InChI=1S/C19H21FN2O5S/c1-3-15(22(28(2,24)25)16-7-5-4-6-14(16)20)19(23)21-11-13-8-9-17-18(10-13)27-12-26-17/h4-10,15H,3,11-12H2,1-2H3,(H,21,23). The monoisotopic (exact) mass is 408 g/mol. The van der Waals surface area contributed by atoms with Gasteiger partial charge in [-0.25, -0.2) is 12.8 Å². The predicted molar refractivity (Wildman–Crippen MR) is 102 cm³/mol. The Morgan fingerprint density at radius 2 is 1.93 bits per heavy atom. The molecule has 0 aliphatic carbocycles. The minimum Gasteiger partial charge on any atom is -0.454 e. The van der Waals surface area contributed by atoms with Gasteiger partial charge in [-0.05, 0) is 36.2 Å². The molecule has 1 aliphatic heterocycles. The number of fused-ring (bicyclic) bond motifs is 1. The zero-order valence-corrected chi connectivity index (χ0v) is 16.3. The number of ether oxygens (including phenoxy) is 2. The number of nitrogens with one attached hydrogen (secondary N) is 1. The van der Waals surface area contributed by atoms with E-state index in [9.17, 15) is 17.6 Å². The van der Waals surface area contributed by atoms with Crippen molar-refractivity contribution in [3.8, 4) is 11.5 Å². The Balaban J connectivity index is 1.80. The van der Waals surface area contributed by atoms with Gasteiger partial charge in [-0.2, -0.15) is 0 Å². The average molecular weight is 408 g/mol. The van der Waals surface area contributed by atoms with Gasteiger partial charge >= 0.3 is 0 Å². The second kappa shape index (κ2) is 8.05. The van der Waals surface area contributed by atoms with E-state index < -0.39 is 27.8 Å². The Labute approximate surface area is 163 Å². The first-order valence-corrected chi connectivity index (χ1v) is 10.6. The van der Waals surface area contributed by atoms with Crippen LogP contribution in [0.15, 0.2) is 42.5 Å². The van der Waals surface area contributed by atoms with Crippen molar-refractivity contribution in [3.63, 3.8) is 0 Å². The van der Waals surface area contributed by atoms with Gasteiger partial charge in [0.1, 0.15) is 11.9 Å². The number of amides is 1. The highest BCUT2D eigenvalue weighted by Crippen LogP contribution is 2.32. The summed E-state index contributed by atoms with van der Waals surface area (Å²) in [5.41, 5.74) is 0.610. The van der Waals surface area contributed by atoms with E-state index in [0.29, 0.717) is 11.5 Å². The van der Waals surface area contributed by atoms with Crippen LogP contribution in [0.1, 0.15) is 18.9 Å². The van der Waals surface area contributed by atoms with E-state index in [1.54, 1.807) is 25.1 Å². The summed E-state index contributed by atoms with van der Waals surface area (Å²) in [6, 6.07) is 9.65. The molecule has 1 aliphatic rings. The smallest absolute Gasteiger partial charge is 0.244 e. The second-order valence-corrected chi connectivity index (χ2v) is 8.20. The molecule has 0 saturated carbocycles. The van der Waals surface area contributed by atoms with E-state index in [1.807, 2.05) is 0 Å². The van der Waals surface area contributed by atoms with Crippen LogP contribution < -0.4 is 19.1 Å². The number of rotatable bonds is 7. The molecule has 0 bridgehead atoms. The minimum absolute atomic E-state index is 0.148. The van der Waals surface area contributed by atoms with Crippen molar-refractivity contribution in [2.75, 3.05) is 17.4 Å². The zero-order valence-electron chi connectivity index (χ0n) is 15.5. The van der Waals surface area contributed by atoms with Crippen molar-refractivity contribution < 1.29 is 27.1 Å². The summed E-state index contributed by atoms with van der Waals surface area (Å²) in [7, 11) is -3.89. The number of benzene rings is 2. The minimum atomic E-state index is -3.89. The predicted octanol–water partition coefficient (Wildman–Crippen LogP) is 2.42. The van der Waals surface area contributed by atoms with E-state index in [2.05, 4.69) is 5.32 Å². The van der Waals surface area contributed by atoms with Gasteiger partial charge in [-0.3, -0.25) is 9.10 Å². The Kier molecular flexibility index (Phi) is 5.73. The Bertz CT molecular complexity index is 980. The first kappa shape index (κ1) is 19.9. The third kappa shape index (κ3) is 4.19. The van der Waals surface area contributed by atoms with Crippen molar-refractivity contribution in [2.45, 2.75) is 25.9 Å². The maximum atomic E-state index is 14.2. The largest absolute Gasteiger partial charge is 0.454 e. The lowest BCUT2D eigenvalue weighted by atomic mass is 10.1. The van der Waals surface area contributed by atoms with Crippen LogP contribution in [0.4, 0.5) is 10.1 Å². The number of sulfonamides is 1. The molecule has 1 N–H and O–H groups in total. The average Bonchev–Trinajstić information content (AvgIpc) is 3.12. The molecule has 1 amide bonds. The van der Waals surface area contributed by atoms with E-state index in [4.69, 9.17) is 9.47 Å². The van der Waals surface area contributed by atoms with Crippen molar-refractivity contribution >= 4 is 21.6 Å². The number of para-hydroxylation sites is 1. The van der Waals surface area contributed by atoms with E-state index >= 15 is 0 Å². The molecule has 9 heteroatoms. The van der Waals surface area contributed by atoms with Crippen molar-refractivity contribution in [1.82, 2.24) is 5.32 Å². The molecule has 0 fully saturated rings. The summed E-state index contributed by atoms with van der Waals surface area (Å²) in [5.74, 6) is -0.0176. The Morgan fingerprint density at radius 3 is 2.61 bits per heavy atom. The highest BCUT2D eigenvalue weighted by Gasteiger charge is 2.33. The number of hydrogen-bond acceptors (Lipinski definition) is 5. The second-order valence-electron chi connectivity index (χ2n) is 6.34. The van der Waals surface area contributed by atoms with Crippen LogP contribution in [0.25, 0.3) is 0 Å². The zero-order chi connectivity index (χ0) is 20.3. The topological polar surface area (TPSA) is 84.9 Å². The number of hydrogen-bond donors (Lipinski definition) is 1. The van der Waals surface area contributed by atoms with Gasteiger partial charge in [0.05, 0.1) is 11.9 Å². The molecule has 1 heterocycles. The maximum absolute atomic E-state index is 14.2. The van der Waals surface area contributed by atoms with Gasteiger partial charge in [0.15, 0.2) is 11.5 Å². The fourth-order valence-corrected chi connectivity index (χ4v) is 4.24. The van der Waals surface area contributed by atoms with Gasteiger partial charge in [0, 0.05) is 6.54 Å². The molecule has 0 radical (unpaired) electrons. The molecule has 7 nitrogen and oxygen atoms in total. The highest BCUT2D eigenvalue weighted by atomic mass is 32.2. The van der Waals surface area contributed by atoms with Crippen molar-refractivity contribution in [2.24, 2.45) is 0 Å². The number of carbonyl (C=O) groups is 1. The molecule has 0 spiro atoms. The summed E-state index contributed by atoms with van der Waals surface area (Å²) in [4.78, 5) is 12.8. The molecule has 1 unspecified atom stereocenters. The molecule has 2 aromatic carbocycles. The summed E-state index contributed by atoms with van der Waals surface area (Å²) < 4.78 is 50.3. The SMILES string of the molecule is CCC(C(=O)NCc1ccc2c(c1)OCO2)N(c1ccccc1F)S(C)(=O)=O. The van der Waals surface area contributed by atoms with Crippen LogP contribution in [0, 0.1) is 5.82 Å². The third-order valence-electron chi connectivity index (χ3n) is 4.32. The molecule has 0 saturated heterocycles. The van der Waals surface area contributed by atoms with Gasteiger partial charge < -0.3 is 14.8 Å². The normalized spacial score (nSPS) is 13.8. The molecule has 150 valence electrons. The number of carbonyl (C=O) groups excluding carboxylic acids is 1. The van der Waals surface area contributed by atoms with Gasteiger partial charge in [-0.1, -0.05) is 25.1 Å². The van der Waals surface area contributed by atoms with Crippen LogP contribution in [0.2, 0.25) is 0 Å². The molecule has 1 atom stereocenters. The summed E-state index contributed by atoms with van der Waals surface area (Å²) in [6.45, 7) is 1.99. The Morgan fingerprint density at radius 1 is 1.21 bits per heavy atom. The molecule has 0 aromatic heterocycles. The van der Waals surface area contributed by atoms with E-state index in [-0.39, 0.29) is 25.4 Å². The lowest BCUT2D eigenvalue weighted by Crippen LogP contribution is -2.49. The number of halogens is 1. The van der Waals surface area contributed by atoms with Crippen LogP contribution >= 0.6 is 0 Å². The fourth-order valence-electron chi connectivity index (χ4n) is 3.02. The van der Waals surface area contributed by atoms with Gasteiger partial charge in [-0.15, -0.1) is 0 Å². The lowest BCUT2D eigenvalue weighted by Gasteiger charge is -2.30. The summed E-state index contributed by atoms with van der Waals surface area (Å²) in [5, 5.41) is 2.72. The quantitative estimate of drug-likeness (QED) is 0.761. The van der Waals surface area contributed by atoms with Crippen LogP contribution in [-0.4, -0.2) is 33.4 Å². The van der Waals surface area contributed by atoms with Crippen molar-refractivity contribution in [1.29, 1.82) is 0 Å². The third-order valence-corrected chi connectivity index (χ3v) is 5.49. The van der Waals surface area contributed by atoms with Gasteiger partial charge in [0.2, 0.25) is 22.7 Å². The number of nitrogens with zero attached hydrogens (tertiary/aromatic N) is 1. The molecule has 3 rings (SSSR count). The van der Waals surface area contributed by atoms with Crippen LogP contribution in [0.5, 0.6) is 11.5 Å². The van der Waals surface area contributed by atoms with E-state index in [1.165, 1.54) is 18.2 Å². The van der Waals surface area contributed by atoms with Crippen LogP contribution in [-0.2, 0) is 21.4 Å². The molecular formula is C19H21FN2O5S. The number of anilines is 1. The maximum Gasteiger partial charge on any atom is 0.244 e. The van der Waals surface area contributed by atoms with E-state index in [0.717, 1.165) is 22.2 Å². The molecular weight excluding hydrogens is 387 g/mol. The summed E-state index contributed by atoms with van der Waals surface area (Å²) in [6.07, 6.45) is 1.13. The highest BCUT2D eigenvalue weighted by molar-refractivity contribution is 7.92. The van der Waals surface area contributed by atoms with Crippen molar-refractivity contribution in [3.05, 3.63) is 53.8 Å². The van der Waals surface area contributed by atoms with Gasteiger partial charge in [0.25, 0.3) is 0 Å². The lowest BCUT2D eigenvalue weighted by molar-refractivity contribution is -0.122. The Hall–Kier alpha value is -2.81.